The molecule has 1 atom stereocenters. The molecule has 0 aliphatic heterocycles. The highest BCUT2D eigenvalue weighted by Crippen LogP contribution is 2.30. The summed E-state index contributed by atoms with van der Waals surface area (Å²) in [6, 6.07) is 6.89. The standard InChI is InChI=1S/C15H15Cl2N3O2/c1-10(14-11(16)4-2-5-12(14)17)8-19-13(21)9-20-7-3-6-18-15(20)22/h2-7,10H,8-9H2,1H3,(H,19,21). The van der Waals surface area contributed by atoms with E-state index in [4.69, 9.17) is 23.2 Å². The van der Waals surface area contributed by atoms with Crippen LogP contribution in [-0.2, 0) is 11.3 Å². The average molecular weight is 340 g/mol. The van der Waals surface area contributed by atoms with Crippen LogP contribution in [0.1, 0.15) is 18.4 Å². The van der Waals surface area contributed by atoms with E-state index in [2.05, 4.69) is 10.3 Å². The Morgan fingerprint density at radius 1 is 1.32 bits per heavy atom. The van der Waals surface area contributed by atoms with Crippen molar-refractivity contribution in [2.24, 2.45) is 0 Å². The summed E-state index contributed by atoms with van der Waals surface area (Å²) >= 11 is 12.3. The van der Waals surface area contributed by atoms with Crippen LogP contribution in [0.3, 0.4) is 0 Å². The molecule has 1 heterocycles. The molecular formula is C15H15Cl2N3O2. The predicted octanol–water partition coefficient (Wildman–Crippen LogP) is 2.47. The molecule has 5 nitrogen and oxygen atoms in total. The lowest BCUT2D eigenvalue weighted by Gasteiger charge is -2.16. The fraction of sp³-hybridized carbons (Fsp3) is 0.267. The summed E-state index contributed by atoms with van der Waals surface area (Å²) in [5, 5.41) is 3.90. The third-order valence-electron chi connectivity index (χ3n) is 3.19. The van der Waals surface area contributed by atoms with Gasteiger partial charge in [-0.25, -0.2) is 9.78 Å². The number of carbonyl (C=O) groups excluding carboxylic acids is 1. The number of hydrogen-bond donors (Lipinski definition) is 1. The maximum Gasteiger partial charge on any atom is 0.347 e. The first kappa shape index (κ1) is 16.5. The van der Waals surface area contributed by atoms with Crippen LogP contribution in [0.4, 0.5) is 0 Å². The molecule has 2 rings (SSSR count). The number of hydrogen-bond acceptors (Lipinski definition) is 3. The summed E-state index contributed by atoms with van der Waals surface area (Å²) in [5.74, 6) is -0.319. The quantitative estimate of drug-likeness (QED) is 0.909. The number of rotatable bonds is 5. The van der Waals surface area contributed by atoms with E-state index in [1.165, 1.54) is 17.0 Å². The topological polar surface area (TPSA) is 64.0 Å². The normalized spacial score (nSPS) is 12.0. The SMILES string of the molecule is CC(CNC(=O)Cn1cccnc1=O)c1c(Cl)cccc1Cl. The molecule has 0 saturated carbocycles. The molecule has 1 aromatic heterocycles. The molecule has 0 bridgehead atoms. The van der Waals surface area contributed by atoms with Crippen molar-refractivity contribution >= 4 is 29.1 Å². The number of nitrogens with zero attached hydrogens (tertiary/aromatic N) is 2. The minimum atomic E-state index is -0.458. The molecular weight excluding hydrogens is 325 g/mol. The lowest BCUT2D eigenvalue weighted by atomic mass is 10.0. The second kappa shape index (κ2) is 7.42. The van der Waals surface area contributed by atoms with Crippen LogP contribution < -0.4 is 11.0 Å². The molecule has 1 unspecified atom stereocenters. The number of halogens is 2. The second-order valence-corrected chi connectivity index (χ2v) is 5.69. The molecule has 1 amide bonds. The zero-order valence-corrected chi connectivity index (χ0v) is 13.4. The van der Waals surface area contributed by atoms with E-state index in [9.17, 15) is 9.59 Å². The number of benzene rings is 1. The van der Waals surface area contributed by atoms with Gasteiger partial charge in [-0.1, -0.05) is 36.2 Å². The molecule has 0 aliphatic rings. The minimum absolute atomic E-state index is 0.0456. The Kier molecular flexibility index (Phi) is 5.57. The highest BCUT2D eigenvalue weighted by Gasteiger charge is 2.14. The minimum Gasteiger partial charge on any atom is -0.354 e. The summed E-state index contributed by atoms with van der Waals surface area (Å²) in [4.78, 5) is 26.9. The molecule has 0 radical (unpaired) electrons. The summed E-state index contributed by atoms with van der Waals surface area (Å²) < 4.78 is 1.24. The van der Waals surface area contributed by atoms with Gasteiger partial charge < -0.3 is 5.32 Å². The zero-order valence-electron chi connectivity index (χ0n) is 11.9. The lowest BCUT2D eigenvalue weighted by molar-refractivity contribution is -0.121. The van der Waals surface area contributed by atoms with E-state index in [0.717, 1.165) is 5.56 Å². The molecule has 0 saturated heterocycles. The molecule has 0 spiro atoms. The lowest BCUT2D eigenvalue weighted by Crippen LogP contribution is -2.34. The van der Waals surface area contributed by atoms with Crippen molar-refractivity contribution in [3.8, 4) is 0 Å². The summed E-state index contributed by atoms with van der Waals surface area (Å²) in [6.07, 6.45) is 2.90. The molecule has 0 fully saturated rings. The van der Waals surface area contributed by atoms with E-state index in [-0.39, 0.29) is 18.4 Å². The number of nitrogens with one attached hydrogen (secondary N) is 1. The van der Waals surface area contributed by atoms with Crippen molar-refractivity contribution in [1.82, 2.24) is 14.9 Å². The third-order valence-corrected chi connectivity index (χ3v) is 3.85. The van der Waals surface area contributed by atoms with E-state index in [1.54, 1.807) is 24.3 Å². The number of aromatic nitrogens is 2. The first-order chi connectivity index (χ1) is 10.5. The van der Waals surface area contributed by atoms with Crippen LogP contribution in [0, 0.1) is 0 Å². The Hall–Kier alpha value is -1.85. The van der Waals surface area contributed by atoms with Crippen molar-refractivity contribution in [2.75, 3.05) is 6.54 Å². The summed E-state index contributed by atoms with van der Waals surface area (Å²) in [7, 11) is 0. The zero-order chi connectivity index (χ0) is 16.1. The van der Waals surface area contributed by atoms with Crippen LogP contribution in [0.5, 0.6) is 0 Å². The van der Waals surface area contributed by atoms with Crippen LogP contribution in [-0.4, -0.2) is 22.0 Å². The Morgan fingerprint density at radius 3 is 2.64 bits per heavy atom. The highest BCUT2D eigenvalue weighted by atomic mass is 35.5. The van der Waals surface area contributed by atoms with Crippen LogP contribution >= 0.6 is 23.2 Å². The van der Waals surface area contributed by atoms with Crippen molar-refractivity contribution < 1.29 is 4.79 Å². The van der Waals surface area contributed by atoms with Gasteiger partial charge in [0, 0.05) is 34.9 Å². The molecule has 22 heavy (non-hydrogen) atoms. The molecule has 1 N–H and O–H groups in total. The Balaban J connectivity index is 1.97. The van der Waals surface area contributed by atoms with Gasteiger partial charge in [0.25, 0.3) is 0 Å². The van der Waals surface area contributed by atoms with Gasteiger partial charge in [0.15, 0.2) is 0 Å². The van der Waals surface area contributed by atoms with Gasteiger partial charge >= 0.3 is 5.69 Å². The van der Waals surface area contributed by atoms with E-state index >= 15 is 0 Å². The fourth-order valence-electron chi connectivity index (χ4n) is 2.07. The third kappa shape index (κ3) is 4.08. The monoisotopic (exact) mass is 339 g/mol. The summed E-state index contributed by atoms with van der Waals surface area (Å²) in [6.45, 7) is 2.22. The van der Waals surface area contributed by atoms with Crippen LogP contribution in [0.15, 0.2) is 41.5 Å². The van der Waals surface area contributed by atoms with Crippen molar-refractivity contribution in [3.05, 3.63) is 62.8 Å². The Morgan fingerprint density at radius 2 is 2.00 bits per heavy atom. The van der Waals surface area contributed by atoms with Gasteiger partial charge in [-0.15, -0.1) is 0 Å². The van der Waals surface area contributed by atoms with Crippen molar-refractivity contribution in [2.45, 2.75) is 19.4 Å². The second-order valence-electron chi connectivity index (χ2n) is 4.87. The van der Waals surface area contributed by atoms with E-state index in [0.29, 0.717) is 16.6 Å². The molecule has 2 aromatic rings. The van der Waals surface area contributed by atoms with Gasteiger partial charge in [-0.2, -0.15) is 0 Å². The largest absolute Gasteiger partial charge is 0.354 e. The number of carbonyl (C=O) groups is 1. The highest BCUT2D eigenvalue weighted by molar-refractivity contribution is 6.36. The Labute approximate surface area is 137 Å². The van der Waals surface area contributed by atoms with Gasteiger partial charge in [-0.3, -0.25) is 9.36 Å². The molecule has 0 aliphatic carbocycles. The fourth-order valence-corrected chi connectivity index (χ4v) is 2.84. The van der Waals surface area contributed by atoms with Gasteiger partial charge in [0.2, 0.25) is 5.91 Å². The Bertz CT molecular complexity index is 710. The van der Waals surface area contributed by atoms with E-state index < -0.39 is 5.69 Å². The van der Waals surface area contributed by atoms with Gasteiger partial charge in [0.1, 0.15) is 6.54 Å². The predicted molar refractivity (Wildman–Crippen MR) is 86.4 cm³/mol. The maximum atomic E-state index is 11.9. The van der Waals surface area contributed by atoms with Crippen molar-refractivity contribution in [1.29, 1.82) is 0 Å². The summed E-state index contributed by atoms with van der Waals surface area (Å²) in [5.41, 5.74) is 0.338. The first-order valence-electron chi connectivity index (χ1n) is 6.71. The molecule has 116 valence electrons. The maximum absolute atomic E-state index is 11.9. The average Bonchev–Trinajstić information content (AvgIpc) is 2.47. The van der Waals surface area contributed by atoms with Crippen LogP contribution in [0.2, 0.25) is 10.0 Å². The first-order valence-corrected chi connectivity index (χ1v) is 7.46. The van der Waals surface area contributed by atoms with Gasteiger partial charge in [-0.05, 0) is 23.8 Å². The smallest absolute Gasteiger partial charge is 0.347 e. The molecule has 7 heteroatoms. The van der Waals surface area contributed by atoms with Crippen LogP contribution in [0.25, 0.3) is 0 Å². The number of amides is 1. The van der Waals surface area contributed by atoms with Crippen molar-refractivity contribution in [3.63, 3.8) is 0 Å². The van der Waals surface area contributed by atoms with Gasteiger partial charge in [0.05, 0.1) is 0 Å². The van der Waals surface area contributed by atoms with E-state index in [1.807, 2.05) is 6.92 Å². The molecule has 1 aromatic carbocycles.